The van der Waals surface area contributed by atoms with Crippen LogP contribution in [-0.4, -0.2) is 11.0 Å². The summed E-state index contributed by atoms with van der Waals surface area (Å²) >= 11 is 5.72. The van der Waals surface area contributed by atoms with Gasteiger partial charge in [-0.3, -0.25) is 4.79 Å². The van der Waals surface area contributed by atoms with Gasteiger partial charge in [-0.25, -0.2) is 8.78 Å². The smallest absolute Gasteiger partial charge is 0.253 e. The Balaban J connectivity index is 2.06. The number of aliphatic hydroxyl groups excluding tert-OH is 1. The Kier molecular flexibility index (Phi) is 4.88. The van der Waals surface area contributed by atoms with Crippen LogP contribution in [0.1, 0.15) is 21.5 Å². The van der Waals surface area contributed by atoms with Gasteiger partial charge >= 0.3 is 0 Å². The van der Waals surface area contributed by atoms with Gasteiger partial charge in [0.25, 0.3) is 5.91 Å². The average molecular weight is 312 g/mol. The second kappa shape index (κ2) is 6.65. The van der Waals surface area contributed by atoms with Crippen LogP contribution in [-0.2, 0) is 13.2 Å². The van der Waals surface area contributed by atoms with E-state index in [1.807, 2.05) is 0 Å². The minimum Gasteiger partial charge on any atom is -0.392 e. The molecule has 2 aromatic carbocycles. The van der Waals surface area contributed by atoms with Gasteiger partial charge in [-0.15, -0.1) is 0 Å². The molecule has 2 rings (SSSR count). The number of hydrogen-bond donors (Lipinski definition) is 2. The highest BCUT2D eigenvalue weighted by Crippen LogP contribution is 2.20. The van der Waals surface area contributed by atoms with Gasteiger partial charge in [0, 0.05) is 6.54 Å². The molecule has 0 saturated carbocycles. The third-order valence-corrected chi connectivity index (χ3v) is 3.23. The highest BCUT2D eigenvalue weighted by atomic mass is 35.5. The lowest BCUT2D eigenvalue weighted by Gasteiger charge is -2.08. The van der Waals surface area contributed by atoms with E-state index in [4.69, 9.17) is 16.7 Å². The summed E-state index contributed by atoms with van der Waals surface area (Å²) in [5.74, 6) is -2.82. The van der Waals surface area contributed by atoms with Gasteiger partial charge < -0.3 is 10.4 Å². The molecule has 110 valence electrons. The Bertz CT molecular complexity index is 659. The Morgan fingerprint density at radius 3 is 2.29 bits per heavy atom. The number of amides is 1. The molecule has 3 nitrogen and oxygen atoms in total. The molecule has 0 heterocycles. The monoisotopic (exact) mass is 311 g/mol. The van der Waals surface area contributed by atoms with Gasteiger partial charge in [-0.1, -0.05) is 35.9 Å². The van der Waals surface area contributed by atoms with Crippen LogP contribution in [0.5, 0.6) is 0 Å². The highest BCUT2D eigenvalue weighted by Gasteiger charge is 2.14. The summed E-state index contributed by atoms with van der Waals surface area (Å²) in [5, 5.41) is 11.3. The van der Waals surface area contributed by atoms with E-state index in [9.17, 15) is 13.6 Å². The SMILES string of the molecule is O=C(NCc1ccc(CO)cc1)c1cc(F)c(F)cc1Cl. The van der Waals surface area contributed by atoms with E-state index in [-0.39, 0.29) is 23.7 Å². The van der Waals surface area contributed by atoms with Gasteiger partial charge in [0.15, 0.2) is 11.6 Å². The standard InChI is InChI=1S/C15H12ClF2NO2/c16-12-6-14(18)13(17)5-11(12)15(21)19-7-9-1-3-10(8-20)4-2-9/h1-6,20H,7-8H2,(H,19,21). The lowest BCUT2D eigenvalue weighted by Crippen LogP contribution is -2.23. The van der Waals surface area contributed by atoms with Crippen molar-refractivity contribution in [2.75, 3.05) is 0 Å². The number of hydrogen-bond acceptors (Lipinski definition) is 2. The van der Waals surface area contributed by atoms with E-state index >= 15 is 0 Å². The van der Waals surface area contributed by atoms with Crippen LogP contribution in [0.2, 0.25) is 5.02 Å². The maximum Gasteiger partial charge on any atom is 0.253 e. The molecule has 0 bridgehead atoms. The van der Waals surface area contributed by atoms with Gasteiger partial charge in [-0.05, 0) is 23.3 Å². The molecule has 0 unspecified atom stereocenters. The predicted octanol–water partition coefficient (Wildman–Crippen LogP) is 3.04. The first-order chi connectivity index (χ1) is 10.0. The highest BCUT2D eigenvalue weighted by molar-refractivity contribution is 6.33. The van der Waals surface area contributed by atoms with Gasteiger partial charge in [0.2, 0.25) is 0 Å². The van der Waals surface area contributed by atoms with Gasteiger partial charge in [0.05, 0.1) is 17.2 Å². The molecule has 0 aromatic heterocycles. The van der Waals surface area contributed by atoms with Crippen LogP contribution in [0.15, 0.2) is 36.4 Å². The molecule has 2 aromatic rings. The summed E-state index contributed by atoms with van der Waals surface area (Å²) in [4.78, 5) is 11.9. The van der Waals surface area contributed by atoms with E-state index < -0.39 is 17.5 Å². The molecule has 0 spiro atoms. The molecule has 0 radical (unpaired) electrons. The molecule has 2 N–H and O–H groups in total. The summed E-state index contributed by atoms with van der Waals surface area (Å²) < 4.78 is 26.1. The summed E-state index contributed by atoms with van der Waals surface area (Å²) in [5.41, 5.74) is 1.44. The van der Waals surface area contributed by atoms with Crippen molar-refractivity contribution in [3.05, 3.63) is 69.7 Å². The number of carbonyl (C=O) groups is 1. The van der Waals surface area contributed by atoms with Crippen molar-refractivity contribution < 1.29 is 18.7 Å². The van der Waals surface area contributed by atoms with Crippen LogP contribution < -0.4 is 5.32 Å². The normalized spacial score (nSPS) is 10.5. The lowest BCUT2D eigenvalue weighted by molar-refractivity contribution is 0.0950. The quantitative estimate of drug-likeness (QED) is 0.853. The number of halogens is 3. The molecule has 21 heavy (non-hydrogen) atoms. The summed E-state index contributed by atoms with van der Waals surface area (Å²) in [7, 11) is 0. The largest absolute Gasteiger partial charge is 0.392 e. The second-order valence-corrected chi connectivity index (χ2v) is 4.81. The van der Waals surface area contributed by atoms with Crippen LogP contribution >= 0.6 is 11.6 Å². The maximum absolute atomic E-state index is 13.1. The zero-order valence-corrected chi connectivity index (χ0v) is 11.6. The van der Waals surface area contributed by atoms with Crippen molar-refractivity contribution in [3.8, 4) is 0 Å². The van der Waals surface area contributed by atoms with Crippen molar-refractivity contribution >= 4 is 17.5 Å². The molecule has 0 aliphatic rings. The van der Waals surface area contributed by atoms with Gasteiger partial charge in [-0.2, -0.15) is 0 Å². The molecule has 0 fully saturated rings. The molecule has 0 saturated heterocycles. The molecular formula is C15H12ClF2NO2. The summed E-state index contributed by atoms with van der Waals surface area (Å²) in [6.45, 7) is 0.150. The fourth-order valence-corrected chi connectivity index (χ4v) is 1.97. The third-order valence-electron chi connectivity index (χ3n) is 2.91. The zero-order chi connectivity index (χ0) is 15.4. The van der Waals surface area contributed by atoms with E-state index in [2.05, 4.69) is 5.32 Å². The predicted molar refractivity (Wildman–Crippen MR) is 74.9 cm³/mol. The maximum atomic E-state index is 13.1. The van der Waals surface area contributed by atoms with Crippen molar-refractivity contribution in [1.82, 2.24) is 5.32 Å². The number of nitrogens with one attached hydrogen (secondary N) is 1. The molecule has 0 aliphatic heterocycles. The first kappa shape index (κ1) is 15.4. The zero-order valence-electron chi connectivity index (χ0n) is 10.9. The fourth-order valence-electron chi connectivity index (χ4n) is 1.74. The average Bonchev–Trinajstić information content (AvgIpc) is 2.49. The minimum absolute atomic E-state index is 0.0584. The Morgan fingerprint density at radius 1 is 1.10 bits per heavy atom. The minimum atomic E-state index is -1.13. The van der Waals surface area contributed by atoms with Crippen molar-refractivity contribution in [3.63, 3.8) is 0 Å². The molecule has 6 heteroatoms. The van der Waals surface area contributed by atoms with E-state index in [1.165, 1.54) is 0 Å². The Labute approximate surface area is 125 Å². The number of aliphatic hydroxyl groups is 1. The van der Waals surface area contributed by atoms with Crippen molar-refractivity contribution in [1.29, 1.82) is 0 Å². The molecule has 1 amide bonds. The first-order valence-electron chi connectivity index (χ1n) is 6.12. The molecule has 0 atom stereocenters. The number of rotatable bonds is 4. The lowest BCUT2D eigenvalue weighted by atomic mass is 10.1. The van der Waals surface area contributed by atoms with Crippen LogP contribution in [0.4, 0.5) is 8.78 Å². The van der Waals surface area contributed by atoms with Crippen LogP contribution in [0, 0.1) is 11.6 Å². The van der Waals surface area contributed by atoms with Crippen LogP contribution in [0.25, 0.3) is 0 Å². The third kappa shape index (κ3) is 3.77. The fraction of sp³-hybridized carbons (Fsp3) is 0.133. The van der Waals surface area contributed by atoms with E-state index in [0.717, 1.165) is 23.3 Å². The van der Waals surface area contributed by atoms with Crippen molar-refractivity contribution in [2.45, 2.75) is 13.2 Å². The van der Waals surface area contributed by atoms with Crippen molar-refractivity contribution in [2.24, 2.45) is 0 Å². The first-order valence-corrected chi connectivity index (χ1v) is 6.50. The topological polar surface area (TPSA) is 49.3 Å². The molecular weight excluding hydrogens is 300 g/mol. The Morgan fingerprint density at radius 2 is 1.67 bits per heavy atom. The summed E-state index contributed by atoms with van der Waals surface area (Å²) in [6.07, 6.45) is 0. The summed E-state index contributed by atoms with van der Waals surface area (Å²) in [6, 6.07) is 8.49. The molecule has 0 aliphatic carbocycles. The second-order valence-electron chi connectivity index (χ2n) is 4.40. The Hall–Kier alpha value is -1.98. The number of carbonyl (C=O) groups excluding carboxylic acids is 1. The van der Waals surface area contributed by atoms with Gasteiger partial charge in [0.1, 0.15) is 0 Å². The van der Waals surface area contributed by atoms with E-state index in [0.29, 0.717) is 0 Å². The number of benzene rings is 2. The van der Waals surface area contributed by atoms with Crippen LogP contribution in [0.3, 0.4) is 0 Å². The van der Waals surface area contributed by atoms with E-state index in [1.54, 1.807) is 24.3 Å².